The van der Waals surface area contributed by atoms with Crippen molar-refractivity contribution < 1.29 is 0 Å². The fourth-order valence-electron chi connectivity index (χ4n) is 1.86. The summed E-state index contributed by atoms with van der Waals surface area (Å²) in [6, 6.07) is 10.3. The number of aliphatic imine (C=N–C) groups is 1. The molecule has 0 atom stereocenters. The lowest BCUT2D eigenvalue weighted by molar-refractivity contribution is 0.577. The summed E-state index contributed by atoms with van der Waals surface area (Å²) < 4.78 is 0. The van der Waals surface area contributed by atoms with Gasteiger partial charge in [0.2, 0.25) is 0 Å². The molecule has 7 heteroatoms. The van der Waals surface area contributed by atoms with Crippen molar-refractivity contribution in [3.05, 3.63) is 47.0 Å². The number of guanidine groups is 1. The normalized spacial score (nSPS) is 10.9. The highest BCUT2D eigenvalue weighted by molar-refractivity contribution is 14.0. The Hall–Kier alpha value is -1.35. The van der Waals surface area contributed by atoms with Crippen LogP contribution in [0.1, 0.15) is 11.3 Å². The number of aromatic nitrogens is 1. The van der Waals surface area contributed by atoms with Gasteiger partial charge in [0.25, 0.3) is 0 Å². The first-order valence-corrected chi connectivity index (χ1v) is 8.05. The molecule has 2 aromatic rings. The monoisotopic (exact) mass is 445 g/mol. The molecule has 2 rings (SSSR count). The third-order valence-corrected chi connectivity index (χ3v) is 4.08. The zero-order chi connectivity index (χ0) is 15.9. The second-order valence-electron chi connectivity index (χ2n) is 5.39. The summed E-state index contributed by atoms with van der Waals surface area (Å²) in [6.07, 6.45) is 0. The maximum Gasteiger partial charge on any atom is 0.194 e. The molecule has 23 heavy (non-hydrogen) atoms. The number of halogens is 1. The maximum absolute atomic E-state index is 4.65. The summed E-state index contributed by atoms with van der Waals surface area (Å²) in [6.45, 7) is 1.34. The number of rotatable bonds is 5. The molecule has 0 amide bonds. The van der Waals surface area contributed by atoms with Gasteiger partial charge < -0.3 is 15.1 Å². The summed E-state index contributed by atoms with van der Waals surface area (Å²) in [7, 11) is 7.98. The molecule has 0 aliphatic rings. The molecule has 0 spiro atoms. The first kappa shape index (κ1) is 19.7. The van der Waals surface area contributed by atoms with Crippen LogP contribution in [0, 0.1) is 0 Å². The zero-order valence-electron chi connectivity index (χ0n) is 14.0. The van der Waals surface area contributed by atoms with Gasteiger partial charge in [0.15, 0.2) is 11.1 Å². The number of hydrogen-bond acceptors (Lipinski definition) is 4. The van der Waals surface area contributed by atoms with Gasteiger partial charge in [-0.3, -0.25) is 0 Å². The molecule has 0 saturated heterocycles. The molecule has 0 radical (unpaired) electrons. The van der Waals surface area contributed by atoms with Crippen LogP contribution < -0.4 is 10.2 Å². The van der Waals surface area contributed by atoms with E-state index < -0.39 is 0 Å². The van der Waals surface area contributed by atoms with Gasteiger partial charge in [-0.2, -0.15) is 0 Å². The average molecular weight is 445 g/mol. The van der Waals surface area contributed by atoms with Crippen molar-refractivity contribution in [1.29, 1.82) is 0 Å². The van der Waals surface area contributed by atoms with Crippen molar-refractivity contribution in [3.63, 3.8) is 0 Å². The summed E-state index contributed by atoms with van der Waals surface area (Å²) >= 11 is 1.65. The van der Waals surface area contributed by atoms with Crippen LogP contribution in [0.3, 0.4) is 0 Å². The Bertz CT molecular complexity index is 610. The molecule has 5 nitrogen and oxygen atoms in total. The van der Waals surface area contributed by atoms with Crippen molar-refractivity contribution in [2.45, 2.75) is 13.1 Å². The minimum absolute atomic E-state index is 0. The average Bonchev–Trinajstić information content (AvgIpc) is 2.97. The maximum atomic E-state index is 4.65. The number of anilines is 1. The molecule has 0 fully saturated rings. The Morgan fingerprint density at radius 2 is 1.87 bits per heavy atom. The van der Waals surface area contributed by atoms with Crippen molar-refractivity contribution in [2.75, 3.05) is 33.1 Å². The highest BCUT2D eigenvalue weighted by Crippen LogP contribution is 2.17. The van der Waals surface area contributed by atoms with Crippen molar-refractivity contribution >= 4 is 46.4 Å². The molecule has 0 aliphatic heterocycles. The fourth-order valence-corrected chi connectivity index (χ4v) is 2.62. The van der Waals surface area contributed by atoms with Crippen molar-refractivity contribution in [1.82, 2.24) is 15.2 Å². The van der Waals surface area contributed by atoms with Gasteiger partial charge >= 0.3 is 0 Å². The standard InChI is InChI=1S/C16H23N5S.HI/c1-20(2)15(17-10-13-8-6-5-7-9-13)18-11-14-12-22-16(19-14)21(3)4;/h5-9,12H,10-11H2,1-4H3,(H,17,18);1H. The van der Waals surface area contributed by atoms with Crippen LogP contribution in [-0.4, -0.2) is 44.0 Å². The fraction of sp³-hybridized carbons (Fsp3) is 0.375. The SMILES string of the molecule is CN(C)C(=NCc1ccccc1)NCc1csc(N(C)C)n1.I. The molecule has 0 aliphatic carbocycles. The van der Waals surface area contributed by atoms with Crippen molar-refractivity contribution in [2.24, 2.45) is 4.99 Å². The quantitative estimate of drug-likeness (QED) is 0.437. The van der Waals surface area contributed by atoms with Gasteiger partial charge in [-0.25, -0.2) is 9.98 Å². The van der Waals surface area contributed by atoms with Crippen LogP contribution in [0.2, 0.25) is 0 Å². The zero-order valence-corrected chi connectivity index (χ0v) is 17.1. The molecule has 0 saturated carbocycles. The number of benzene rings is 1. The summed E-state index contributed by atoms with van der Waals surface area (Å²) in [5.41, 5.74) is 2.23. The molecule has 1 aromatic carbocycles. The van der Waals surface area contributed by atoms with E-state index in [0.29, 0.717) is 13.1 Å². The van der Waals surface area contributed by atoms with Gasteiger partial charge in [0.1, 0.15) is 0 Å². The molecular formula is C16H24IN5S. The van der Waals surface area contributed by atoms with Crippen LogP contribution in [0.5, 0.6) is 0 Å². The lowest BCUT2D eigenvalue weighted by atomic mass is 10.2. The third kappa shape index (κ3) is 6.34. The van der Waals surface area contributed by atoms with Crippen LogP contribution in [0.25, 0.3) is 0 Å². The number of nitrogens with one attached hydrogen (secondary N) is 1. The van der Waals surface area contributed by atoms with Gasteiger partial charge in [0.05, 0.1) is 18.8 Å². The van der Waals surface area contributed by atoms with E-state index in [1.807, 2.05) is 56.2 Å². The molecule has 1 N–H and O–H groups in total. The lowest BCUT2D eigenvalue weighted by Gasteiger charge is -2.17. The first-order chi connectivity index (χ1) is 10.6. The predicted molar refractivity (Wildman–Crippen MR) is 110 cm³/mol. The van der Waals surface area contributed by atoms with E-state index in [1.165, 1.54) is 5.56 Å². The van der Waals surface area contributed by atoms with Crippen LogP contribution >= 0.6 is 35.3 Å². The van der Waals surface area contributed by atoms with E-state index in [-0.39, 0.29) is 24.0 Å². The van der Waals surface area contributed by atoms with E-state index in [0.717, 1.165) is 16.8 Å². The summed E-state index contributed by atoms with van der Waals surface area (Å²) in [5.74, 6) is 0.864. The molecule has 126 valence electrons. The van der Waals surface area contributed by atoms with Crippen LogP contribution in [0.15, 0.2) is 40.7 Å². The molecule has 0 unspecified atom stereocenters. The number of hydrogen-bond donors (Lipinski definition) is 1. The highest BCUT2D eigenvalue weighted by Gasteiger charge is 2.06. The molecule has 0 bridgehead atoms. The smallest absolute Gasteiger partial charge is 0.194 e. The Labute approximate surface area is 159 Å². The topological polar surface area (TPSA) is 43.8 Å². The van der Waals surface area contributed by atoms with Gasteiger partial charge in [-0.1, -0.05) is 30.3 Å². The Morgan fingerprint density at radius 1 is 1.17 bits per heavy atom. The largest absolute Gasteiger partial charge is 0.354 e. The van der Waals surface area contributed by atoms with E-state index in [4.69, 9.17) is 0 Å². The molecular weight excluding hydrogens is 421 g/mol. The highest BCUT2D eigenvalue weighted by atomic mass is 127. The Morgan fingerprint density at radius 3 is 2.43 bits per heavy atom. The third-order valence-electron chi connectivity index (χ3n) is 3.03. The molecule has 1 aromatic heterocycles. The van der Waals surface area contributed by atoms with E-state index >= 15 is 0 Å². The Kier molecular flexibility index (Phi) is 8.32. The van der Waals surface area contributed by atoms with E-state index in [1.54, 1.807) is 11.3 Å². The number of thiazole rings is 1. The van der Waals surface area contributed by atoms with E-state index in [2.05, 4.69) is 32.8 Å². The van der Waals surface area contributed by atoms with Crippen LogP contribution in [-0.2, 0) is 13.1 Å². The second kappa shape index (κ2) is 9.71. The minimum atomic E-state index is 0. The summed E-state index contributed by atoms with van der Waals surface area (Å²) in [4.78, 5) is 13.2. The predicted octanol–water partition coefficient (Wildman–Crippen LogP) is 3.03. The number of nitrogens with zero attached hydrogens (tertiary/aromatic N) is 4. The first-order valence-electron chi connectivity index (χ1n) is 7.17. The second-order valence-corrected chi connectivity index (χ2v) is 6.23. The van der Waals surface area contributed by atoms with Gasteiger partial charge in [-0.05, 0) is 5.56 Å². The van der Waals surface area contributed by atoms with Crippen molar-refractivity contribution in [3.8, 4) is 0 Å². The Balaban J connectivity index is 0.00000264. The van der Waals surface area contributed by atoms with Gasteiger partial charge in [0, 0.05) is 33.6 Å². The lowest BCUT2D eigenvalue weighted by Crippen LogP contribution is -2.36. The minimum Gasteiger partial charge on any atom is -0.354 e. The van der Waals surface area contributed by atoms with Crippen LogP contribution in [0.4, 0.5) is 5.13 Å². The molecule has 1 heterocycles. The van der Waals surface area contributed by atoms with E-state index in [9.17, 15) is 0 Å². The summed E-state index contributed by atoms with van der Waals surface area (Å²) in [5, 5.41) is 6.45. The van der Waals surface area contributed by atoms with Gasteiger partial charge in [-0.15, -0.1) is 35.3 Å².